The standard InChI is InChI=1S/C16H20N2O3.W/c1-16(2,3)12-9-14(20)18(15(12)21)11-6-4-10(5-7-11)8-13(17)19;/h4-7,12H,8-9H2,1-3H3,(H2,17,19);/p-1. The molecule has 0 saturated carbocycles. The fourth-order valence-corrected chi connectivity index (χ4v) is 2.53. The van der Waals surface area contributed by atoms with Gasteiger partial charge in [-0.1, -0.05) is 32.9 Å². The first-order chi connectivity index (χ1) is 9.70. The number of carbonyl (C=O) groups is 3. The molecule has 1 unspecified atom stereocenters. The van der Waals surface area contributed by atoms with Crippen LogP contribution >= 0.6 is 0 Å². The van der Waals surface area contributed by atoms with E-state index in [0.29, 0.717) is 11.3 Å². The second-order valence-corrected chi connectivity index (χ2v) is 6.46. The van der Waals surface area contributed by atoms with E-state index in [4.69, 9.17) is 5.73 Å². The van der Waals surface area contributed by atoms with E-state index in [0.717, 1.165) is 0 Å². The second-order valence-electron chi connectivity index (χ2n) is 6.46. The molecule has 6 heteroatoms. The number of hydrogen-bond donors (Lipinski definition) is 0. The molecule has 5 nitrogen and oxygen atoms in total. The average Bonchev–Trinajstić information content (AvgIpc) is 2.65. The van der Waals surface area contributed by atoms with Gasteiger partial charge in [0, 0.05) is 33.9 Å². The summed E-state index contributed by atoms with van der Waals surface area (Å²) < 4.78 is 0. The Labute approximate surface area is 144 Å². The molecule has 3 amide bonds. The SMILES string of the molecule is CC(C)(C)C1CC(=O)N(c2ccc(CC([NH-])=O)cc2)C1=O.[W]. The van der Waals surface area contributed by atoms with Gasteiger partial charge in [0.1, 0.15) is 0 Å². The van der Waals surface area contributed by atoms with Crippen molar-refractivity contribution in [3.63, 3.8) is 0 Å². The summed E-state index contributed by atoms with van der Waals surface area (Å²) in [5, 5.41) is 0. The maximum Gasteiger partial charge on any atom is 0.237 e. The Hall–Kier alpha value is -1.48. The third-order valence-corrected chi connectivity index (χ3v) is 3.75. The van der Waals surface area contributed by atoms with Gasteiger partial charge >= 0.3 is 0 Å². The maximum atomic E-state index is 12.4. The summed E-state index contributed by atoms with van der Waals surface area (Å²) in [4.78, 5) is 36.6. The van der Waals surface area contributed by atoms with Crippen molar-refractivity contribution in [2.24, 2.45) is 11.3 Å². The number of rotatable bonds is 3. The van der Waals surface area contributed by atoms with Gasteiger partial charge < -0.3 is 10.5 Å². The van der Waals surface area contributed by atoms with Crippen molar-refractivity contribution in [3.05, 3.63) is 35.6 Å². The van der Waals surface area contributed by atoms with Gasteiger partial charge in [-0.2, -0.15) is 0 Å². The minimum Gasteiger partial charge on any atom is -0.667 e. The van der Waals surface area contributed by atoms with Gasteiger partial charge in [0.25, 0.3) is 0 Å². The molecule has 1 heterocycles. The van der Waals surface area contributed by atoms with Crippen molar-refractivity contribution >= 4 is 23.4 Å². The van der Waals surface area contributed by atoms with Gasteiger partial charge in [-0.25, -0.2) is 0 Å². The van der Waals surface area contributed by atoms with Crippen LogP contribution in [0, 0.1) is 11.3 Å². The number of amides is 3. The number of imide groups is 1. The number of nitrogens with zero attached hydrogens (tertiary/aromatic N) is 1. The Morgan fingerprint density at radius 1 is 1.23 bits per heavy atom. The molecule has 1 atom stereocenters. The van der Waals surface area contributed by atoms with Crippen molar-refractivity contribution in [2.45, 2.75) is 33.6 Å². The number of nitrogens with one attached hydrogen (secondary N) is 1. The summed E-state index contributed by atoms with van der Waals surface area (Å²) in [6.45, 7) is 5.86. The largest absolute Gasteiger partial charge is 0.667 e. The van der Waals surface area contributed by atoms with Crippen LogP contribution in [0.1, 0.15) is 32.8 Å². The summed E-state index contributed by atoms with van der Waals surface area (Å²) in [7, 11) is 0. The molecule has 0 aromatic heterocycles. The quantitative estimate of drug-likeness (QED) is 0.637. The van der Waals surface area contributed by atoms with E-state index in [9.17, 15) is 14.4 Å². The molecule has 118 valence electrons. The molecule has 1 aliphatic heterocycles. The molecule has 1 aliphatic rings. The van der Waals surface area contributed by atoms with Gasteiger partial charge in [0.2, 0.25) is 11.8 Å². The number of anilines is 1. The molecule has 0 radical (unpaired) electrons. The van der Waals surface area contributed by atoms with E-state index in [1.807, 2.05) is 20.8 Å². The molecule has 1 saturated heterocycles. The van der Waals surface area contributed by atoms with Crippen LogP contribution in [0.3, 0.4) is 0 Å². The van der Waals surface area contributed by atoms with Crippen LogP contribution in [0.4, 0.5) is 5.69 Å². The van der Waals surface area contributed by atoms with Crippen LogP contribution in [0.5, 0.6) is 0 Å². The van der Waals surface area contributed by atoms with E-state index in [2.05, 4.69) is 0 Å². The van der Waals surface area contributed by atoms with Gasteiger partial charge in [0.15, 0.2) is 0 Å². The van der Waals surface area contributed by atoms with Gasteiger partial charge in [-0.05, 0) is 23.1 Å². The number of carbonyl (C=O) groups excluding carboxylic acids is 3. The Kier molecular flexibility index (Phi) is 5.69. The van der Waals surface area contributed by atoms with E-state index >= 15 is 0 Å². The van der Waals surface area contributed by atoms with Gasteiger partial charge in [0.05, 0.1) is 17.5 Å². The van der Waals surface area contributed by atoms with Crippen LogP contribution in [0.15, 0.2) is 24.3 Å². The van der Waals surface area contributed by atoms with Crippen LogP contribution in [0.25, 0.3) is 5.73 Å². The Bertz CT molecular complexity index is 590. The first-order valence-electron chi connectivity index (χ1n) is 6.90. The van der Waals surface area contributed by atoms with E-state index in [1.54, 1.807) is 24.3 Å². The zero-order valence-electron chi connectivity index (χ0n) is 12.9. The van der Waals surface area contributed by atoms with Crippen molar-refractivity contribution in [1.29, 1.82) is 0 Å². The first kappa shape index (κ1) is 18.6. The number of benzene rings is 1. The molecule has 1 N–H and O–H groups in total. The van der Waals surface area contributed by atoms with Crippen molar-refractivity contribution in [1.82, 2.24) is 0 Å². The second kappa shape index (κ2) is 6.74. The molecule has 1 fully saturated rings. The van der Waals surface area contributed by atoms with E-state index in [-0.39, 0.29) is 57.1 Å². The zero-order valence-corrected chi connectivity index (χ0v) is 15.8. The third-order valence-electron chi connectivity index (χ3n) is 3.75. The summed E-state index contributed by atoms with van der Waals surface area (Å²) in [5.74, 6) is -1.33. The minimum absolute atomic E-state index is 0. The van der Waals surface area contributed by atoms with Gasteiger partial charge in [-0.3, -0.25) is 14.5 Å². The molecule has 1 aromatic rings. The van der Waals surface area contributed by atoms with Gasteiger partial charge in [-0.15, -0.1) is 0 Å². The third kappa shape index (κ3) is 3.83. The Balaban J connectivity index is 0.00000242. The molecular formula is C16H19N2O3W-. The van der Waals surface area contributed by atoms with E-state index in [1.165, 1.54) is 4.90 Å². The molecule has 1 aromatic carbocycles. The summed E-state index contributed by atoms with van der Waals surface area (Å²) >= 11 is 0. The molecule has 0 spiro atoms. The summed E-state index contributed by atoms with van der Waals surface area (Å²) in [6, 6.07) is 6.65. The van der Waals surface area contributed by atoms with Crippen molar-refractivity contribution in [3.8, 4) is 0 Å². The summed E-state index contributed by atoms with van der Waals surface area (Å²) in [6.07, 6.45) is 0.266. The smallest absolute Gasteiger partial charge is 0.237 e. The first-order valence-corrected chi connectivity index (χ1v) is 6.90. The molecule has 0 bridgehead atoms. The topological polar surface area (TPSA) is 78.2 Å². The Morgan fingerprint density at radius 3 is 2.18 bits per heavy atom. The fourth-order valence-electron chi connectivity index (χ4n) is 2.53. The average molecular weight is 471 g/mol. The van der Waals surface area contributed by atoms with Crippen molar-refractivity contribution < 1.29 is 35.4 Å². The fraction of sp³-hybridized carbons (Fsp3) is 0.438. The molecule has 2 rings (SSSR count). The maximum absolute atomic E-state index is 12.4. The predicted molar refractivity (Wildman–Crippen MR) is 79.5 cm³/mol. The minimum atomic E-state index is -0.663. The zero-order chi connectivity index (χ0) is 15.8. The van der Waals surface area contributed by atoms with Crippen molar-refractivity contribution in [2.75, 3.05) is 4.90 Å². The normalized spacial score (nSPS) is 18.3. The summed E-state index contributed by atoms with van der Waals surface area (Å²) in [5.41, 5.74) is 7.91. The molecule has 0 aliphatic carbocycles. The van der Waals surface area contributed by atoms with Crippen LogP contribution in [-0.2, 0) is 41.9 Å². The van der Waals surface area contributed by atoms with Crippen LogP contribution in [0.2, 0.25) is 0 Å². The van der Waals surface area contributed by atoms with E-state index < -0.39 is 5.91 Å². The van der Waals surface area contributed by atoms with Crippen LogP contribution in [-0.4, -0.2) is 17.7 Å². The van der Waals surface area contributed by atoms with Crippen LogP contribution < -0.4 is 4.90 Å². The monoisotopic (exact) mass is 471 g/mol. The predicted octanol–water partition coefficient (Wildman–Crippen LogP) is 2.73. The molecular weight excluding hydrogens is 452 g/mol. The molecule has 22 heavy (non-hydrogen) atoms. The Morgan fingerprint density at radius 2 is 1.77 bits per heavy atom. The number of hydrogen-bond acceptors (Lipinski definition) is 3.